The first-order valence-corrected chi connectivity index (χ1v) is 14.5. The van der Waals surface area contributed by atoms with Crippen molar-refractivity contribution in [1.29, 1.82) is 0 Å². The molecule has 0 radical (unpaired) electrons. The van der Waals surface area contributed by atoms with Crippen molar-refractivity contribution >= 4 is 27.5 Å². The van der Waals surface area contributed by atoms with Crippen molar-refractivity contribution in [3.63, 3.8) is 0 Å². The number of ether oxygens (including phenoxy) is 1. The van der Waals surface area contributed by atoms with Crippen LogP contribution in [0.1, 0.15) is 38.3 Å². The Hall–Kier alpha value is -3.92. The molecule has 8 nitrogen and oxygen atoms in total. The van der Waals surface area contributed by atoms with Gasteiger partial charge in [0.25, 0.3) is 10.0 Å². The lowest BCUT2D eigenvalue weighted by molar-refractivity contribution is -0.139. The summed E-state index contributed by atoms with van der Waals surface area (Å²) in [6, 6.07) is 17.3. The van der Waals surface area contributed by atoms with E-state index < -0.39 is 34.3 Å². The fourth-order valence-corrected chi connectivity index (χ4v) is 5.37. The van der Waals surface area contributed by atoms with E-state index in [1.165, 1.54) is 54.5 Å². The van der Waals surface area contributed by atoms with Crippen LogP contribution in [0.2, 0.25) is 0 Å². The number of rotatable bonds is 12. The number of carbonyl (C=O) groups is 2. The lowest BCUT2D eigenvalue weighted by Crippen LogP contribution is -2.52. The minimum atomic E-state index is -4.19. The van der Waals surface area contributed by atoms with Crippen LogP contribution in [0.25, 0.3) is 0 Å². The van der Waals surface area contributed by atoms with Crippen molar-refractivity contribution < 1.29 is 27.1 Å². The van der Waals surface area contributed by atoms with Crippen molar-refractivity contribution in [3.8, 4) is 5.75 Å². The lowest BCUT2D eigenvalue weighted by Gasteiger charge is -2.32. The maximum absolute atomic E-state index is 13.9. The Kier molecular flexibility index (Phi) is 10.3. The Bertz CT molecular complexity index is 1410. The molecule has 40 heavy (non-hydrogen) atoms. The highest BCUT2D eigenvalue weighted by Crippen LogP contribution is 2.28. The predicted molar refractivity (Wildman–Crippen MR) is 153 cm³/mol. The highest BCUT2D eigenvalue weighted by atomic mass is 32.2. The second-order valence-corrected chi connectivity index (χ2v) is 11.5. The Balaban J connectivity index is 2.04. The molecule has 2 unspecified atom stereocenters. The molecule has 3 aromatic rings. The number of aryl methyl sites for hydroxylation is 1. The molecule has 0 saturated carbocycles. The number of sulfonamides is 1. The van der Waals surface area contributed by atoms with Gasteiger partial charge in [-0.3, -0.25) is 13.9 Å². The Morgan fingerprint density at radius 3 is 2.25 bits per heavy atom. The third-order valence-electron chi connectivity index (χ3n) is 6.66. The van der Waals surface area contributed by atoms with Crippen LogP contribution in [0.15, 0.2) is 77.7 Å². The van der Waals surface area contributed by atoms with Gasteiger partial charge in [0.05, 0.1) is 17.7 Å². The normalized spacial score (nSPS) is 12.8. The van der Waals surface area contributed by atoms with Crippen LogP contribution in [0, 0.1) is 12.7 Å². The van der Waals surface area contributed by atoms with Gasteiger partial charge in [-0.15, -0.1) is 0 Å². The number of nitrogens with zero attached hydrogens (tertiary/aromatic N) is 2. The molecule has 3 rings (SSSR count). The molecule has 0 heterocycles. The van der Waals surface area contributed by atoms with Gasteiger partial charge < -0.3 is 15.0 Å². The first-order chi connectivity index (χ1) is 19.0. The minimum Gasteiger partial charge on any atom is -0.497 e. The van der Waals surface area contributed by atoms with Gasteiger partial charge in [-0.25, -0.2) is 12.8 Å². The summed E-state index contributed by atoms with van der Waals surface area (Å²) < 4.78 is 47.6. The number of amides is 2. The predicted octanol–water partition coefficient (Wildman–Crippen LogP) is 4.67. The first-order valence-electron chi connectivity index (χ1n) is 13.0. The van der Waals surface area contributed by atoms with Gasteiger partial charge in [-0.1, -0.05) is 42.8 Å². The number of carbonyl (C=O) groups excluding carboxylic acids is 2. The third-order valence-corrected chi connectivity index (χ3v) is 8.45. The third kappa shape index (κ3) is 7.59. The van der Waals surface area contributed by atoms with E-state index in [4.69, 9.17) is 4.74 Å². The summed E-state index contributed by atoms with van der Waals surface area (Å²) in [5.74, 6) is -0.995. The van der Waals surface area contributed by atoms with E-state index in [0.717, 1.165) is 9.87 Å². The summed E-state index contributed by atoms with van der Waals surface area (Å²) in [7, 11) is -2.73. The van der Waals surface area contributed by atoms with Gasteiger partial charge in [0.2, 0.25) is 11.8 Å². The quantitative estimate of drug-likeness (QED) is 0.342. The van der Waals surface area contributed by atoms with Crippen LogP contribution in [0.5, 0.6) is 5.75 Å². The van der Waals surface area contributed by atoms with Crippen molar-refractivity contribution in [1.82, 2.24) is 10.2 Å². The van der Waals surface area contributed by atoms with Crippen LogP contribution >= 0.6 is 0 Å². The number of hydrogen-bond donors (Lipinski definition) is 1. The second kappa shape index (κ2) is 13.4. The van der Waals surface area contributed by atoms with E-state index in [0.29, 0.717) is 17.7 Å². The monoisotopic (exact) mass is 569 g/mol. The summed E-state index contributed by atoms with van der Waals surface area (Å²) in [5, 5.41) is 2.88. The number of halogens is 1. The molecule has 0 aliphatic heterocycles. The first kappa shape index (κ1) is 30.6. The summed E-state index contributed by atoms with van der Waals surface area (Å²) in [6.07, 6.45) is 0.697. The maximum atomic E-state index is 13.9. The average molecular weight is 570 g/mol. The summed E-state index contributed by atoms with van der Waals surface area (Å²) in [4.78, 5) is 28.3. The highest BCUT2D eigenvalue weighted by Gasteiger charge is 2.33. The minimum absolute atomic E-state index is 0.0152. The number of hydrogen-bond acceptors (Lipinski definition) is 5. The topological polar surface area (TPSA) is 96.0 Å². The molecule has 0 bridgehead atoms. The Morgan fingerprint density at radius 2 is 1.65 bits per heavy atom. The Labute approximate surface area is 235 Å². The van der Waals surface area contributed by atoms with Crippen LogP contribution in [-0.2, 0) is 26.2 Å². The van der Waals surface area contributed by atoms with Gasteiger partial charge in [0.1, 0.15) is 24.2 Å². The van der Waals surface area contributed by atoms with Crippen LogP contribution in [0.3, 0.4) is 0 Å². The van der Waals surface area contributed by atoms with Crippen molar-refractivity contribution in [2.45, 2.75) is 57.6 Å². The molecule has 2 amide bonds. The maximum Gasteiger partial charge on any atom is 0.264 e. The molecule has 10 heteroatoms. The van der Waals surface area contributed by atoms with E-state index in [2.05, 4.69) is 5.32 Å². The van der Waals surface area contributed by atoms with Crippen LogP contribution in [-0.4, -0.2) is 50.9 Å². The molecule has 0 aromatic heterocycles. The summed E-state index contributed by atoms with van der Waals surface area (Å²) >= 11 is 0. The van der Waals surface area contributed by atoms with E-state index in [1.807, 2.05) is 20.8 Å². The van der Waals surface area contributed by atoms with Gasteiger partial charge in [-0.2, -0.15) is 0 Å². The molecule has 0 spiro atoms. The summed E-state index contributed by atoms with van der Waals surface area (Å²) in [6.45, 7) is 6.62. The number of methoxy groups -OCH3 is 1. The molecule has 0 saturated heterocycles. The zero-order valence-electron chi connectivity index (χ0n) is 23.4. The van der Waals surface area contributed by atoms with Crippen molar-refractivity contribution in [2.75, 3.05) is 18.0 Å². The molecule has 0 aliphatic rings. The molecule has 214 valence electrons. The van der Waals surface area contributed by atoms with Crippen LogP contribution < -0.4 is 14.4 Å². The Morgan fingerprint density at radius 1 is 1.00 bits per heavy atom. The van der Waals surface area contributed by atoms with Crippen molar-refractivity contribution in [3.05, 3.63) is 89.7 Å². The fourth-order valence-electron chi connectivity index (χ4n) is 3.97. The zero-order chi connectivity index (χ0) is 29.4. The van der Waals surface area contributed by atoms with Crippen LogP contribution in [0.4, 0.5) is 10.1 Å². The van der Waals surface area contributed by atoms with E-state index in [-0.39, 0.29) is 29.1 Å². The summed E-state index contributed by atoms with van der Waals surface area (Å²) in [5.41, 5.74) is 1.70. The molecule has 1 N–H and O–H groups in total. The molecule has 0 aliphatic carbocycles. The average Bonchev–Trinajstić information content (AvgIpc) is 2.95. The fraction of sp³-hybridized carbons (Fsp3) is 0.333. The zero-order valence-corrected chi connectivity index (χ0v) is 24.2. The smallest absolute Gasteiger partial charge is 0.264 e. The van der Waals surface area contributed by atoms with Gasteiger partial charge in [0, 0.05) is 18.7 Å². The molecule has 2 atom stereocenters. The SMILES string of the molecule is CCC(C)NC(=O)C(C)N(Cc1ccc(F)cc1)C(=O)CN(c1cccc(OC)c1)S(=O)(=O)c1ccc(C)cc1. The molecular weight excluding hydrogens is 533 g/mol. The van der Waals surface area contributed by atoms with Gasteiger partial charge in [-0.05, 0) is 69.2 Å². The number of nitrogens with one attached hydrogen (secondary N) is 1. The second-order valence-electron chi connectivity index (χ2n) is 9.67. The van der Waals surface area contributed by atoms with Gasteiger partial charge in [0.15, 0.2) is 0 Å². The lowest BCUT2D eigenvalue weighted by atomic mass is 10.1. The number of anilines is 1. The number of benzene rings is 3. The molecule has 0 fully saturated rings. The van der Waals surface area contributed by atoms with E-state index in [1.54, 1.807) is 37.3 Å². The standard InChI is InChI=1S/C30H36FN3O5S/c1-6-22(3)32-30(36)23(4)33(19-24-12-14-25(31)15-13-24)29(35)20-34(26-8-7-9-27(18-26)39-5)40(37,38)28-16-10-21(2)11-17-28/h7-18,22-23H,6,19-20H2,1-5H3,(H,32,36). The molecular formula is C30H36FN3O5S. The highest BCUT2D eigenvalue weighted by molar-refractivity contribution is 7.92. The van der Waals surface area contributed by atoms with Crippen molar-refractivity contribution in [2.24, 2.45) is 0 Å². The van der Waals surface area contributed by atoms with E-state index in [9.17, 15) is 22.4 Å². The molecule has 3 aromatic carbocycles. The van der Waals surface area contributed by atoms with Gasteiger partial charge >= 0.3 is 0 Å². The largest absolute Gasteiger partial charge is 0.497 e. The van der Waals surface area contributed by atoms with E-state index >= 15 is 0 Å².